The molecule has 0 fully saturated rings. The zero-order valence-electron chi connectivity index (χ0n) is 48.8. The van der Waals surface area contributed by atoms with Crippen molar-refractivity contribution in [2.24, 2.45) is 0 Å². The van der Waals surface area contributed by atoms with Crippen molar-refractivity contribution in [3.63, 3.8) is 0 Å². The summed E-state index contributed by atoms with van der Waals surface area (Å²) < 4.78 is 16.8. The summed E-state index contributed by atoms with van der Waals surface area (Å²) in [5, 5.41) is 0. The second kappa shape index (κ2) is 62.1. The van der Waals surface area contributed by atoms with Crippen molar-refractivity contribution in [2.45, 2.75) is 316 Å². The van der Waals surface area contributed by atoms with Crippen LogP contribution in [0.15, 0.2) is 85.1 Å². The molecule has 0 saturated carbocycles. The minimum atomic E-state index is -0.804. The molecular weight excluding hydrogens is 913 g/mol. The highest BCUT2D eigenvalue weighted by molar-refractivity contribution is 5.71. The number of carbonyl (C=O) groups excluding carboxylic acids is 3. The van der Waals surface area contributed by atoms with Gasteiger partial charge in [-0.2, -0.15) is 0 Å². The van der Waals surface area contributed by atoms with E-state index in [2.05, 4.69) is 106 Å². The van der Waals surface area contributed by atoms with Crippen LogP contribution >= 0.6 is 0 Å². The van der Waals surface area contributed by atoms with E-state index in [4.69, 9.17) is 14.2 Å². The van der Waals surface area contributed by atoms with Gasteiger partial charge >= 0.3 is 17.9 Å². The molecule has 0 radical (unpaired) electrons. The highest BCUT2D eigenvalue weighted by Gasteiger charge is 2.19. The van der Waals surface area contributed by atoms with Crippen LogP contribution in [0.2, 0.25) is 0 Å². The molecule has 0 rings (SSSR count). The number of carbonyl (C=O) groups is 3. The van der Waals surface area contributed by atoms with E-state index in [1.54, 1.807) is 0 Å². The fourth-order valence-electron chi connectivity index (χ4n) is 8.96. The highest BCUT2D eigenvalue weighted by Crippen LogP contribution is 2.17. The van der Waals surface area contributed by atoms with E-state index in [0.29, 0.717) is 19.3 Å². The maximum atomic E-state index is 12.8. The standard InChI is InChI=1S/C68H118O6/c1-4-7-10-13-16-19-21-23-25-27-29-31-33-35-36-38-40-42-44-46-49-52-55-58-61-67(70)73-64-65(63-72-66(69)60-57-54-51-48-18-15-12-9-6-3)74-68(71)62-59-56-53-50-47-45-43-41-39-37-34-32-30-28-26-24-22-20-17-14-11-8-5-2/h8,11,17,20,24,26,30,32,37,39,43,45,50,53,65H,4-7,9-10,12-16,18-19,21-23,25,27-29,31,33-36,38,40-42,44,46-49,51-52,54-64H2,1-3H3/b11-8-,20-17-,26-24-,32-30-,39-37-,45-43-,53-50-. The van der Waals surface area contributed by atoms with Crippen molar-refractivity contribution in [2.75, 3.05) is 13.2 Å². The summed E-state index contributed by atoms with van der Waals surface area (Å²) in [6.07, 6.45) is 81.8. The molecule has 0 bridgehead atoms. The second-order valence-electron chi connectivity index (χ2n) is 21.0. The first kappa shape index (κ1) is 70.6. The summed E-state index contributed by atoms with van der Waals surface area (Å²) in [7, 11) is 0. The number of allylic oxidation sites excluding steroid dienone is 14. The van der Waals surface area contributed by atoms with Gasteiger partial charge < -0.3 is 14.2 Å². The van der Waals surface area contributed by atoms with Gasteiger partial charge in [0.25, 0.3) is 0 Å². The summed E-state index contributed by atoms with van der Waals surface area (Å²) in [5.74, 6) is -0.947. The molecule has 74 heavy (non-hydrogen) atoms. The molecule has 0 aromatic heterocycles. The normalized spacial score (nSPS) is 12.6. The van der Waals surface area contributed by atoms with Crippen LogP contribution in [0.25, 0.3) is 0 Å². The molecule has 0 aromatic carbocycles. The van der Waals surface area contributed by atoms with Gasteiger partial charge in [-0.25, -0.2) is 0 Å². The lowest BCUT2D eigenvalue weighted by molar-refractivity contribution is -0.167. The number of unbranched alkanes of at least 4 members (excludes halogenated alkanes) is 32. The molecule has 6 nitrogen and oxygen atoms in total. The molecule has 426 valence electrons. The first-order valence-corrected chi connectivity index (χ1v) is 31.6. The van der Waals surface area contributed by atoms with E-state index in [1.807, 2.05) is 0 Å². The first-order chi connectivity index (χ1) is 36.5. The highest BCUT2D eigenvalue weighted by atomic mass is 16.6. The smallest absolute Gasteiger partial charge is 0.306 e. The third-order valence-electron chi connectivity index (χ3n) is 13.7. The lowest BCUT2D eigenvalue weighted by Crippen LogP contribution is -2.30. The lowest BCUT2D eigenvalue weighted by Gasteiger charge is -2.18. The molecule has 0 aliphatic rings. The molecule has 0 N–H and O–H groups in total. The van der Waals surface area contributed by atoms with Crippen LogP contribution in [0.1, 0.15) is 310 Å². The molecule has 0 aliphatic carbocycles. The maximum Gasteiger partial charge on any atom is 0.306 e. The van der Waals surface area contributed by atoms with Gasteiger partial charge in [-0.05, 0) is 70.6 Å². The molecule has 0 heterocycles. The summed E-state index contributed by atoms with van der Waals surface area (Å²) in [4.78, 5) is 38.1. The van der Waals surface area contributed by atoms with Crippen molar-refractivity contribution >= 4 is 17.9 Å². The van der Waals surface area contributed by atoms with Crippen LogP contribution in [-0.2, 0) is 28.6 Å². The SMILES string of the molecule is CC/C=C\C/C=C\C/C=C\C/C=C\C/C=C\C/C=C\C/C=C\CCCC(=O)OC(COC(=O)CCCCCCCCCCC)COC(=O)CCCCCCCCCCCCCCCCCCCCCCCCCC. The van der Waals surface area contributed by atoms with Crippen LogP contribution in [0.5, 0.6) is 0 Å². The van der Waals surface area contributed by atoms with E-state index in [0.717, 1.165) is 89.9 Å². The Morgan fingerprint density at radius 2 is 0.527 bits per heavy atom. The van der Waals surface area contributed by atoms with E-state index < -0.39 is 6.10 Å². The Labute approximate surface area is 458 Å². The minimum Gasteiger partial charge on any atom is -0.462 e. The van der Waals surface area contributed by atoms with Gasteiger partial charge in [-0.3, -0.25) is 14.4 Å². The van der Waals surface area contributed by atoms with Gasteiger partial charge in [-0.1, -0.05) is 305 Å². The van der Waals surface area contributed by atoms with E-state index in [9.17, 15) is 14.4 Å². The lowest BCUT2D eigenvalue weighted by atomic mass is 10.0. The van der Waals surface area contributed by atoms with Crippen LogP contribution in [0.4, 0.5) is 0 Å². The van der Waals surface area contributed by atoms with Gasteiger partial charge in [0.1, 0.15) is 13.2 Å². The average Bonchev–Trinajstić information content (AvgIpc) is 3.40. The Kier molecular flexibility index (Phi) is 59.3. The van der Waals surface area contributed by atoms with Gasteiger partial charge in [0, 0.05) is 19.3 Å². The molecule has 1 unspecified atom stereocenters. The quantitative estimate of drug-likeness (QED) is 0.0261. The van der Waals surface area contributed by atoms with E-state index >= 15 is 0 Å². The maximum absolute atomic E-state index is 12.8. The molecule has 0 aliphatic heterocycles. The van der Waals surface area contributed by atoms with Crippen LogP contribution in [0, 0.1) is 0 Å². The monoisotopic (exact) mass is 1030 g/mol. The molecule has 0 saturated heterocycles. The van der Waals surface area contributed by atoms with Crippen molar-refractivity contribution < 1.29 is 28.6 Å². The van der Waals surface area contributed by atoms with Crippen molar-refractivity contribution in [3.05, 3.63) is 85.1 Å². The summed E-state index contributed by atoms with van der Waals surface area (Å²) in [6.45, 7) is 6.49. The molecule has 0 amide bonds. The van der Waals surface area contributed by atoms with Crippen molar-refractivity contribution in [3.8, 4) is 0 Å². The zero-order valence-corrected chi connectivity index (χ0v) is 48.8. The fourth-order valence-corrected chi connectivity index (χ4v) is 8.96. The first-order valence-electron chi connectivity index (χ1n) is 31.6. The number of ether oxygens (including phenoxy) is 3. The van der Waals surface area contributed by atoms with Gasteiger partial charge in [0.05, 0.1) is 0 Å². The third-order valence-corrected chi connectivity index (χ3v) is 13.7. The fraction of sp³-hybridized carbons (Fsp3) is 0.750. The molecule has 0 spiro atoms. The van der Waals surface area contributed by atoms with Gasteiger partial charge in [-0.15, -0.1) is 0 Å². The minimum absolute atomic E-state index is 0.0961. The topological polar surface area (TPSA) is 78.9 Å². The van der Waals surface area contributed by atoms with E-state index in [1.165, 1.54) is 173 Å². The summed E-state index contributed by atoms with van der Waals surface area (Å²) in [5.41, 5.74) is 0. The number of hydrogen-bond donors (Lipinski definition) is 0. The third kappa shape index (κ3) is 59.5. The Bertz CT molecular complexity index is 1420. The number of hydrogen-bond acceptors (Lipinski definition) is 6. The van der Waals surface area contributed by atoms with E-state index in [-0.39, 0.29) is 37.5 Å². The van der Waals surface area contributed by atoms with Crippen molar-refractivity contribution in [1.82, 2.24) is 0 Å². The van der Waals surface area contributed by atoms with Crippen molar-refractivity contribution in [1.29, 1.82) is 0 Å². The van der Waals surface area contributed by atoms with Gasteiger partial charge in [0.15, 0.2) is 6.10 Å². The van der Waals surface area contributed by atoms with Crippen LogP contribution < -0.4 is 0 Å². The summed E-state index contributed by atoms with van der Waals surface area (Å²) >= 11 is 0. The Balaban J connectivity index is 4.29. The Morgan fingerprint density at radius 3 is 0.811 bits per heavy atom. The molecule has 1 atom stereocenters. The predicted octanol–water partition coefficient (Wildman–Crippen LogP) is 21.5. The number of esters is 3. The summed E-state index contributed by atoms with van der Waals surface area (Å²) in [6, 6.07) is 0. The predicted molar refractivity (Wildman–Crippen MR) is 321 cm³/mol. The number of rotatable bonds is 57. The van der Waals surface area contributed by atoms with Crippen LogP contribution in [-0.4, -0.2) is 37.2 Å². The zero-order chi connectivity index (χ0) is 53.6. The van der Waals surface area contributed by atoms with Crippen LogP contribution in [0.3, 0.4) is 0 Å². The average molecular weight is 1030 g/mol. The second-order valence-corrected chi connectivity index (χ2v) is 21.0. The Hall–Kier alpha value is -3.41. The largest absolute Gasteiger partial charge is 0.462 e. The molecule has 6 heteroatoms. The molecular formula is C68H118O6. The van der Waals surface area contributed by atoms with Gasteiger partial charge in [0.2, 0.25) is 0 Å². The Morgan fingerprint density at radius 1 is 0.284 bits per heavy atom. The molecule has 0 aromatic rings.